The quantitative estimate of drug-likeness (QED) is 0.821. The Morgan fingerprint density at radius 1 is 1.38 bits per heavy atom. The van der Waals surface area contributed by atoms with Gasteiger partial charge in [-0.05, 0) is 42.9 Å². The van der Waals surface area contributed by atoms with Gasteiger partial charge in [0.25, 0.3) is 0 Å². The highest BCUT2D eigenvalue weighted by molar-refractivity contribution is 5.67. The van der Waals surface area contributed by atoms with Crippen molar-refractivity contribution < 1.29 is 9.90 Å². The zero-order valence-corrected chi connectivity index (χ0v) is 9.33. The number of anilines is 1. The largest absolute Gasteiger partial charge is 0.481 e. The first-order valence-electron chi connectivity index (χ1n) is 5.84. The van der Waals surface area contributed by atoms with Crippen molar-refractivity contribution in [3.8, 4) is 0 Å². The van der Waals surface area contributed by atoms with Crippen LogP contribution in [-0.2, 0) is 17.6 Å². The fraction of sp³-hybridized carbons (Fsp3) is 0.462. The number of hydrogen-bond donors (Lipinski definition) is 2. The van der Waals surface area contributed by atoms with E-state index in [4.69, 9.17) is 5.11 Å². The van der Waals surface area contributed by atoms with Crippen molar-refractivity contribution in [3.63, 3.8) is 0 Å². The van der Waals surface area contributed by atoms with E-state index in [0.29, 0.717) is 6.42 Å². The van der Waals surface area contributed by atoms with Crippen LogP contribution in [0.2, 0.25) is 0 Å². The summed E-state index contributed by atoms with van der Waals surface area (Å²) in [7, 11) is 0. The Morgan fingerprint density at radius 3 is 3.06 bits per heavy atom. The van der Waals surface area contributed by atoms with Gasteiger partial charge in [-0.3, -0.25) is 4.79 Å². The summed E-state index contributed by atoms with van der Waals surface area (Å²) in [4.78, 5) is 10.6. The van der Waals surface area contributed by atoms with Crippen molar-refractivity contribution in [2.24, 2.45) is 0 Å². The smallest absolute Gasteiger partial charge is 0.303 e. The summed E-state index contributed by atoms with van der Waals surface area (Å²) >= 11 is 0. The van der Waals surface area contributed by atoms with E-state index in [1.165, 1.54) is 29.7 Å². The molecule has 1 aliphatic heterocycles. The number of fused-ring (bicyclic) bond motifs is 1. The third-order valence-electron chi connectivity index (χ3n) is 3.05. The Hall–Kier alpha value is -1.51. The summed E-state index contributed by atoms with van der Waals surface area (Å²) in [5, 5.41) is 12.1. The minimum atomic E-state index is -0.723. The zero-order chi connectivity index (χ0) is 11.4. The predicted molar refractivity (Wildman–Crippen MR) is 63.8 cm³/mol. The van der Waals surface area contributed by atoms with Crippen LogP contribution in [-0.4, -0.2) is 17.6 Å². The lowest BCUT2D eigenvalue weighted by molar-refractivity contribution is -0.136. The topological polar surface area (TPSA) is 49.3 Å². The fourth-order valence-electron chi connectivity index (χ4n) is 2.22. The van der Waals surface area contributed by atoms with E-state index in [2.05, 4.69) is 17.4 Å². The molecule has 0 unspecified atom stereocenters. The van der Waals surface area contributed by atoms with Gasteiger partial charge in [-0.15, -0.1) is 0 Å². The summed E-state index contributed by atoms with van der Waals surface area (Å²) in [6.45, 7) is 1.02. The van der Waals surface area contributed by atoms with Crippen LogP contribution in [0.4, 0.5) is 5.69 Å². The maximum atomic E-state index is 10.6. The molecule has 1 aromatic carbocycles. The molecule has 0 amide bonds. The van der Waals surface area contributed by atoms with Crippen LogP contribution < -0.4 is 5.32 Å². The molecule has 0 fully saturated rings. The van der Waals surface area contributed by atoms with E-state index in [1.807, 2.05) is 6.07 Å². The molecule has 16 heavy (non-hydrogen) atoms. The second-order valence-corrected chi connectivity index (χ2v) is 4.22. The van der Waals surface area contributed by atoms with E-state index in [9.17, 15) is 4.79 Å². The average Bonchev–Trinajstić information content (AvgIpc) is 2.51. The molecule has 0 saturated heterocycles. The summed E-state index contributed by atoms with van der Waals surface area (Å²) in [5.74, 6) is -0.723. The van der Waals surface area contributed by atoms with Crippen LogP contribution in [0.5, 0.6) is 0 Å². The van der Waals surface area contributed by atoms with E-state index in [0.717, 1.165) is 13.0 Å². The second kappa shape index (κ2) is 5.01. The van der Waals surface area contributed by atoms with Gasteiger partial charge in [0.15, 0.2) is 0 Å². The molecule has 1 aliphatic rings. The second-order valence-electron chi connectivity index (χ2n) is 4.22. The zero-order valence-electron chi connectivity index (χ0n) is 9.33. The molecule has 0 aliphatic carbocycles. The molecule has 3 nitrogen and oxygen atoms in total. The van der Waals surface area contributed by atoms with Gasteiger partial charge >= 0.3 is 5.97 Å². The molecule has 2 N–H and O–H groups in total. The summed E-state index contributed by atoms with van der Waals surface area (Å²) in [6, 6.07) is 6.15. The van der Waals surface area contributed by atoms with E-state index >= 15 is 0 Å². The highest BCUT2D eigenvalue weighted by atomic mass is 16.4. The highest BCUT2D eigenvalue weighted by Gasteiger charge is 2.11. The van der Waals surface area contributed by atoms with Crippen LogP contribution in [0.3, 0.4) is 0 Å². The maximum Gasteiger partial charge on any atom is 0.303 e. The van der Waals surface area contributed by atoms with Gasteiger partial charge in [-0.25, -0.2) is 0 Å². The van der Waals surface area contributed by atoms with Crippen LogP contribution in [0.1, 0.15) is 30.4 Å². The minimum absolute atomic E-state index is 0.219. The van der Waals surface area contributed by atoms with E-state index < -0.39 is 5.97 Å². The fourth-order valence-corrected chi connectivity index (χ4v) is 2.22. The van der Waals surface area contributed by atoms with Crippen molar-refractivity contribution in [2.45, 2.75) is 32.1 Å². The average molecular weight is 219 g/mol. The molecule has 0 aromatic heterocycles. The number of hydrogen-bond acceptors (Lipinski definition) is 2. The van der Waals surface area contributed by atoms with Crippen molar-refractivity contribution in [3.05, 3.63) is 29.3 Å². The normalized spacial score (nSPS) is 14.8. The molecule has 0 saturated carbocycles. The maximum absolute atomic E-state index is 10.6. The third kappa shape index (κ3) is 2.54. The van der Waals surface area contributed by atoms with Gasteiger partial charge in [-0.1, -0.05) is 12.1 Å². The molecule has 86 valence electrons. The molecule has 2 rings (SSSR count). The van der Waals surface area contributed by atoms with Gasteiger partial charge in [0, 0.05) is 18.7 Å². The lowest BCUT2D eigenvalue weighted by atomic mass is 9.98. The van der Waals surface area contributed by atoms with Crippen molar-refractivity contribution in [1.29, 1.82) is 0 Å². The number of carbonyl (C=O) groups is 1. The SMILES string of the molecule is O=C(O)CCc1cccc2c1CCCCN2. The molecule has 1 aromatic rings. The van der Waals surface area contributed by atoms with Gasteiger partial charge < -0.3 is 10.4 Å². The minimum Gasteiger partial charge on any atom is -0.481 e. The lowest BCUT2D eigenvalue weighted by Crippen LogP contribution is -2.03. The Balaban J connectivity index is 2.20. The Bertz CT molecular complexity index is 388. The Morgan fingerprint density at radius 2 is 2.25 bits per heavy atom. The molecular weight excluding hydrogens is 202 g/mol. The van der Waals surface area contributed by atoms with E-state index in [1.54, 1.807) is 0 Å². The number of aliphatic carboxylic acids is 1. The molecule has 0 atom stereocenters. The van der Waals surface area contributed by atoms with Gasteiger partial charge in [0.05, 0.1) is 0 Å². The number of carboxylic acids is 1. The monoisotopic (exact) mass is 219 g/mol. The Kier molecular flexibility index (Phi) is 3.44. The summed E-state index contributed by atoms with van der Waals surface area (Å²) in [5.41, 5.74) is 3.70. The number of carboxylic acid groups (broad SMARTS) is 1. The van der Waals surface area contributed by atoms with Crippen molar-refractivity contribution >= 4 is 11.7 Å². The third-order valence-corrected chi connectivity index (χ3v) is 3.05. The first-order valence-corrected chi connectivity index (χ1v) is 5.84. The van der Waals surface area contributed by atoms with Crippen molar-refractivity contribution in [2.75, 3.05) is 11.9 Å². The molecular formula is C13H17NO2. The predicted octanol–water partition coefficient (Wildman–Crippen LogP) is 2.45. The molecule has 0 spiro atoms. The van der Waals surface area contributed by atoms with Crippen LogP contribution >= 0.6 is 0 Å². The van der Waals surface area contributed by atoms with Crippen LogP contribution in [0.15, 0.2) is 18.2 Å². The Labute approximate surface area is 95.5 Å². The van der Waals surface area contributed by atoms with Crippen LogP contribution in [0, 0.1) is 0 Å². The standard InChI is InChI=1S/C13H17NO2/c15-13(16)8-7-10-4-3-6-12-11(10)5-1-2-9-14-12/h3-4,6,14H,1-2,5,7-9H2,(H,15,16). The number of benzene rings is 1. The lowest BCUT2D eigenvalue weighted by Gasteiger charge is -2.12. The molecule has 0 radical (unpaired) electrons. The number of rotatable bonds is 3. The summed E-state index contributed by atoms with van der Waals surface area (Å²) in [6.07, 6.45) is 4.30. The van der Waals surface area contributed by atoms with Gasteiger partial charge in [0.2, 0.25) is 0 Å². The molecule has 1 heterocycles. The van der Waals surface area contributed by atoms with E-state index in [-0.39, 0.29) is 6.42 Å². The summed E-state index contributed by atoms with van der Waals surface area (Å²) < 4.78 is 0. The van der Waals surface area contributed by atoms with Gasteiger partial charge in [-0.2, -0.15) is 0 Å². The molecule has 0 bridgehead atoms. The first kappa shape index (κ1) is 11.0. The van der Waals surface area contributed by atoms with Crippen LogP contribution in [0.25, 0.3) is 0 Å². The highest BCUT2D eigenvalue weighted by Crippen LogP contribution is 2.25. The number of aryl methyl sites for hydroxylation is 1. The molecule has 3 heteroatoms. The van der Waals surface area contributed by atoms with Gasteiger partial charge in [0.1, 0.15) is 0 Å². The first-order chi connectivity index (χ1) is 7.77. The number of nitrogens with one attached hydrogen (secondary N) is 1. The van der Waals surface area contributed by atoms with Crippen molar-refractivity contribution in [1.82, 2.24) is 0 Å².